The first-order valence-corrected chi connectivity index (χ1v) is 7.50. The number of nitrogens with zero attached hydrogens (tertiary/aromatic N) is 2. The molecule has 0 spiro atoms. The molecule has 0 unspecified atom stereocenters. The van der Waals surface area contributed by atoms with Gasteiger partial charge in [0, 0.05) is 31.0 Å². The van der Waals surface area contributed by atoms with Crippen LogP contribution >= 0.6 is 0 Å². The number of piperidine rings is 1. The Morgan fingerprint density at radius 1 is 1.39 bits per heavy atom. The monoisotopic (exact) mass is 318 g/mol. The molecular weight excluding hydrogens is 300 g/mol. The Bertz CT molecular complexity index is 626. The number of pyridine rings is 1. The van der Waals surface area contributed by atoms with Crippen molar-refractivity contribution in [1.82, 2.24) is 20.5 Å². The van der Waals surface area contributed by atoms with Crippen LogP contribution in [0.2, 0.25) is 0 Å². The van der Waals surface area contributed by atoms with Crippen LogP contribution in [0.3, 0.4) is 0 Å². The Morgan fingerprint density at radius 3 is 2.70 bits per heavy atom. The zero-order chi connectivity index (χ0) is 16.4. The topological polar surface area (TPSA) is 112 Å². The Balaban J connectivity index is 1.57. The molecule has 0 aliphatic carbocycles. The maximum Gasteiger partial charge on any atom is 0.322 e. The number of likely N-dealkylation sites (tertiary alicyclic amines) is 1. The molecule has 2 aliphatic rings. The van der Waals surface area contributed by atoms with E-state index in [0.717, 1.165) is 5.56 Å². The van der Waals surface area contributed by atoms with Gasteiger partial charge in [0.1, 0.15) is 6.04 Å². The quantitative estimate of drug-likeness (QED) is 0.650. The third kappa shape index (κ3) is 3.16. The molecule has 4 amide bonds. The molecule has 3 N–H and O–H groups in total. The van der Waals surface area contributed by atoms with Crippen LogP contribution in [0.15, 0.2) is 24.5 Å². The van der Waals surface area contributed by atoms with Crippen molar-refractivity contribution in [3.63, 3.8) is 0 Å². The molecule has 8 heteroatoms. The van der Waals surface area contributed by atoms with Crippen LogP contribution in [0.1, 0.15) is 24.8 Å². The standard InChI is InChI=1S/C15H18N4O4/c20-12(8-11-13(21)18-14(22)17-11)19-6-3-15(23,4-7-19)10-2-1-5-16-9-10/h1-2,5,9,11,23H,3-4,6-8H2,(H2,17,18,21,22)/t11-/m1/s1. The number of rotatable bonds is 3. The van der Waals surface area contributed by atoms with Gasteiger partial charge in [-0.25, -0.2) is 4.79 Å². The van der Waals surface area contributed by atoms with Gasteiger partial charge in [-0.05, 0) is 18.9 Å². The van der Waals surface area contributed by atoms with Crippen molar-refractivity contribution in [2.45, 2.75) is 30.9 Å². The maximum atomic E-state index is 12.3. The molecule has 8 nitrogen and oxygen atoms in total. The second-order valence-corrected chi connectivity index (χ2v) is 5.87. The fourth-order valence-electron chi connectivity index (χ4n) is 2.96. The van der Waals surface area contributed by atoms with Crippen LogP contribution in [0.5, 0.6) is 0 Å². The minimum Gasteiger partial charge on any atom is -0.385 e. The fourth-order valence-corrected chi connectivity index (χ4v) is 2.96. The van der Waals surface area contributed by atoms with Crippen molar-refractivity contribution in [1.29, 1.82) is 0 Å². The summed E-state index contributed by atoms with van der Waals surface area (Å²) in [6, 6.07) is 2.21. The van der Waals surface area contributed by atoms with E-state index >= 15 is 0 Å². The summed E-state index contributed by atoms with van der Waals surface area (Å²) in [5.41, 5.74) is -0.237. The highest BCUT2D eigenvalue weighted by atomic mass is 16.3. The fraction of sp³-hybridized carbons (Fsp3) is 0.467. The van der Waals surface area contributed by atoms with Crippen LogP contribution in [0.4, 0.5) is 4.79 Å². The summed E-state index contributed by atoms with van der Waals surface area (Å²) in [4.78, 5) is 40.4. The van der Waals surface area contributed by atoms with Gasteiger partial charge in [-0.2, -0.15) is 0 Å². The summed E-state index contributed by atoms with van der Waals surface area (Å²) in [5.74, 6) is -0.687. The van der Waals surface area contributed by atoms with E-state index in [1.165, 1.54) is 0 Å². The highest BCUT2D eigenvalue weighted by Gasteiger charge is 2.37. The van der Waals surface area contributed by atoms with Gasteiger partial charge in [-0.15, -0.1) is 0 Å². The number of nitrogens with one attached hydrogen (secondary N) is 2. The van der Waals surface area contributed by atoms with Crippen LogP contribution in [-0.2, 0) is 15.2 Å². The lowest BCUT2D eigenvalue weighted by atomic mass is 9.85. The van der Waals surface area contributed by atoms with Gasteiger partial charge in [-0.1, -0.05) is 6.07 Å². The minimum atomic E-state index is -0.982. The van der Waals surface area contributed by atoms with E-state index in [1.54, 1.807) is 23.4 Å². The normalized spacial score (nSPS) is 23.3. The zero-order valence-corrected chi connectivity index (χ0v) is 12.5. The van der Waals surface area contributed by atoms with Crippen LogP contribution in [0, 0.1) is 0 Å². The van der Waals surface area contributed by atoms with E-state index in [9.17, 15) is 19.5 Å². The lowest BCUT2D eigenvalue weighted by Crippen LogP contribution is -2.47. The number of hydrogen-bond donors (Lipinski definition) is 3. The molecular formula is C15H18N4O4. The van der Waals surface area contributed by atoms with Gasteiger partial charge < -0.3 is 15.3 Å². The molecule has 1 atom stereocenters. The van der Waals surface area contributed by atoms with Gasteiger partial charge in [0.25, 0.3) is 5.91 Å². The molecule has 0 aromatic carbocycles. The SMILES string of the molecule is O=C1NC(=O)[C@@H](CC(=O)N2CCC(O)(c3cccnc3)CC2)N1. The number of aliphatic hydroxyl groups is 1. The zero-order valence-electron chi connectivity index (χ0n) is 12.5. The predicted octanol–water partition coefficient (Wildman–Crippen LogP) is -0.510. The largest absolute Gasteiger partial charge is 0.385 e. The average Bonchev–Trinajstić information content (AvgIpc) is 2.86. The Morgan fingerprint density at radius 2 is 2.13 bits per heavy atom. The number of hydrogen-bond acceptors (Lipinski definition) is 5. The van der Waals surface area contributed by atoms with Gasteiger partial charge in [0.2, 0.25) is 5.91 Å². The first-order valence-electron chi connectivity index (χ1n) is 7.50. The highest BCUT2D eigenvalue weighted by Crippen LogP contribution is 2.32. The number of carbonyl (C=O) groups excluding carboxylic acids is 3. The van der Waals surface area contributed by atoms with Crippen LogP contribution < -0.4 is 10.6 Å². The van der Waals surface area contributed by atoms with Crippen molar-refractivity contribution in [3.8, 4) is 0 Å². The van der Waals surface area contributed by atoms with Gasteiger partial charge in [0.05, 0.1) is 12.0 Å². The summed E-state index contributed by atoms with van der Waals surface area (Å²) < 4.78 is 0. The molecule has 3 heterocycles. The van der Waals surface area contributed by atoms with E-state index in [1.807, 2.05) is 6.07 Å². The first-order chi connectivity index (χ1) is 11.0. The molecule has 2 aliphatic heterocycles. The van der Waals surface area contributed by atoms with Gasteiger partial charge >= 0.3 is 6.03 Å². The molecule has 23 heavy (non-hydrogen) atoms. The molecule has 1 aromatic heterocycles. The molecule has 3 rings (SSSR count). The number of urea groups is 1. The molecule has 2 saturated heterocycles. The van der Waals surface area contributed by atoms with E-state index in [4.69, 9.17) is 0 Å². The van der Waals surface area contributed by atoms with Gasteiger partial charge in [0.15, 0.2) is 0 Å². The summed E-state index contributed by atoms with van der Waals surface area (Å²) >= 11 is 0. The number of aromatic nitrogens is 1. The van der Waals surface area contributed by atoms with E-state index in [-0.39, 0.29) is 12.3 Å². The third-order valence-corrected chi connectivity index (χ3v) is 4.38. The van der Waals surface area contributed by atoms with Crippen molar-refractivity contribution >= 4 is 17.8 Å². The molecule has 2 fully saturated rings. The summed E-state index contributed by atoms with van der Waals surface area (Å²) in [7, 11) is 0. The Labute approximate surface area is 132 Å². The van der Waals surface area contributed by atoms with E-state index < -0.39 is 23.6 Å². The highest BCUT2D eigenvalue weighted by molar-refractivity contribution is 6.05. The van der Waals surface area contributed by atoms with Crippen molar-refractivity contribution in [2.24, 2.45) is 0 Å². The average molecular weight is 318 g/mol. The van der Waals surface area contributed by atoms with Crippen molar-refractivity contribution in [2.75, 3.05) is 13.1 Å². The number of imide groups is 1. The van der Waals surface area contributed by atoms with Crippen molar-refractivity contribution < 1.29 is 19.5 Å². The first kappa shape index (κ1) is 15.4. The lowest BCUT2D eigenvalue weighted by Gasteiger charge is -2.38. The predicted molar refractivity (Wildman–Crippen MR) is 79.0 cm³/mol. The van der Waals surface area contributed by atoms with E-state index in [0.29, 0.717) is 25.9 Å². The smallest absolute Gasteiger partial charge is 0.322 e. The minimum absolute atomic E-state index is 0.0666. The maximum absolute atomic E-state index is 12.3. The summed E-state index contributed by atoms with van der Waals surface area (Å²) in [6.07, 6.45) is 4.03. The molecule has 0 saturated carbocycles. The molecule has 0 radical (unpaired) electrons. The Kier molecular flexibility index (Phi) is 3.99. The molecule has 122 valence electrons. The lowest BCUT2D eigenvalue weighted by molar-refractivity contribution is -0.138. The van der Waals surface area contributed by atoms with E-state index in [2.05, 4.69) is 15.6 Å². The van der Waals surface area contributed by atoms with Crippen LogP contribution in [-0.4, -0.2) is 52.0 Å². The third-order valence-electron chi connectivity index (χ3n) is 4.38. The van der Waals surface area contributed by atoms with Gasteiger partial charge in [-0.3, -0.25) is 19.9 Å². The van der Waals surface area contributed by atoms with Crippen LogP contribution in [0.25, 0.3) is 0 Å². The summed E-state index contributed by atoms with van der Waals surface area (Å²) in [6.45, 7) is 0.791. The number of carbonyl (C=O) groups is 3. The second-order valence-electron chi connectivity index (χ2n) is 5.87. The Hall–Kier alpha value is -2.48. The van der Waals surface area contributed by atoms with Crippen molar-refractivity contribution in [3.05, 3.63) is 30.1 Å². The second kappa shape index (κ2) is 5.96. The number of amides is 4. The molecule has 0 bridgehead atoms. The summed E-state index contributed by atoms with van der Waals surface area (Å²) in [5, 5.41) is 15.2. The molecule has 1 aromatic rings.